The topological polar surface area (TPSA) is 96.6 Å². The molecule has 1 aliphatic carbocycles. The Morgan fingerprint density at radius 1 is 1.43 bits per heavy atom. The molecule has 116 valence electrons. The Bertz CT molecular complexity index is 609. The number of sulfonamides is 1. The Hall–Kier alpha value is -1.76. The average molecular weight is 310 g/mol. The Morgan fingerprint density at radius 2 is 2.19 bits per heavy atom. The first-order chi connectivity index (χ1) is 9.92. The van der Waals surface area contributed by atoms with Crippen LogP contribution in [0.4, 0.5) is 5.69 Å². The summed E-state index contributed by atoms with van der Waals surface area (Å²) in [6.45, 7) is 1.30. The van der Waals surface area contributed by atoms with Crippen molar-refractivity contribution in [2.24, 2.45) is 16.6 Å². The van der Waals surface area contributed by atoms with Gasteiger partial charge in [-0.1, -0.05) is 18.6 Å². The predicted molar refractivity (Wildman–Crippen MR) is 85.6 cm³/mol. The van der Waals surface area contributed by atoms with Crippen molar-refractivity contribution in [3.8, 4) is 0 Å². The molecule has 1 aliphatic rings. The first-order valence-electron chi connectivity index (χ1n) is 7.03. The normalized spacial score (nSPS) is 16.3. The molecule has 2 rings (SSSR count). The number of hydrogen-bond donors (Lipinski definition) is 3. The van der Waals surface area contributed by atoms with Crippen LogP contribution in [0.25, 0.3) is 0 Å². The van der Waals surface area contributed by atoms with Crippen LogP contribution >= 0.6 is 0 Å². The molecule has 0 atom stereocenters. The lowest BCUT2D eigenvalue weighted by Crippen LogP contribution is -2.37. The maximum Gasteiger partial charge on any atom is 0.229 e. The minimum atomic E-state index is -3.26. The van der Waals surface area contributed by atoms with Crippen molar-refractivity contribution in [2.75, 3.05) is 17.5 Å². The molecule has 1 aromatic carbocycles. The highest BCUT2D eigenvalue weighted by Crippen LogP contribution is 2.24. The molecule has 0 bridgehead atoms. The number of anilines is 1. The largest absolute Gasteiger partial charge is 0.370 e. The summed E-state index contributed by atoms with van der Waals surface area (Å²) in [7, 11) is -3.26. The number of hydrogen-bond acceptors (Lipinski definition) is 3. The number of nitrogens with one attached hydrogen (secondary N) is 2. The van der Waals surface area contributed by atoms with Gasteiger partial charge in [0.1, 0.15) is 0 Å². The first kappa shape index (κ1) is 15.6. The van der Waals surface area contributed by atoms with Crippen LogP contribution in [0.2, 0.25) is 0 Å². The van der Waals surface area contributed by atoms with E-state index in [0.29, 0.717) is 18.2 Å². The van der Waals surface area contributed by atoms with Crippen molar-refractivity contribution in [3.05, 3.63) is 29.8 Å². The minimum Gasteiger partial charge on any atom is -0.370 e. The van der Waals surface area contributed by atoms with Crippen LogP contribution in [0.3, 0.4) is 0 Å². The molecule has 0 spiro atoms. The summed E-state index contributed by atoms with van der Waals surface area (Å²) >= 11 is 0. The van der Waals surface area contributed by atoms with Crippen molar-refractivity contribution >= 4 is 21.7 Å². The van der Waals surface area contributed by atoms with Gasteiger partial charge in [0.05, 0.1) is 12.8 Å². The monoisotopic (exact) mass is 310 g/mol. The fourth-order valence-corrected chi connectivity index (χ4v) is 2.68. The highest BCUT2D eigenvalue weighted by Gasteiger charge is 2.16. The SMILES string of the molecule is CS(=O)(=O)Nc1cccc(CN=C(N)NCC2CCC2)c1. The highest BCUT2D eigenvalue weighted by molar-refractivity contribution is 7.92. The van der Waals surface area contributed by atoms with E-state index in [9.17, 15) is 8.42 Å². The molecule has 0 unspecified atom stereocenters. The van der Waals surface area contributed by atoms with Crippen LogP contribution in [0.5, 0.6) is 0 Å². The van der Waals surface area contributed by atoms with Gasteiger partial charge in [0, 0.05) is 12.2 Å². The van der Waals surface area contributed by atoms with E-state index in [1.165, 1.54) is 19.3 Å². The molecule has 0 radical (unpaired) electrons. The molecular weight excluding hydrogens is 288 g/mol. The summed E-state index contributed by atoms with van der Waals surface area (Å²) in [6, 6.07) is 7.13. The van der Waals surface area contributed by atoms with E-state index in [0.717, 1.165) is 24.3 Å². The van der Waals surface area contributed by atoms with Crippen LogP contribution < -0.4 is 15.8 Å². The summed E-state index contributed by atoms with van der Waals surface area (Å²) in [5.41, 5.74) is 7.25. The van der Waals surface area contributed by atoms with Crippen molar-refractivity contribution < 1.29 is 8.42 Å². The van der Waals surface area contributed by atoms with Crippen molar-refractivity contribution in [1.82, 2.24) is 5.32 Å². The molecule has 1 fully saturated rings. The lowest BCUT2D eigenvalue weighted by Gasteiger charge is -2.25. The third kappa shape index (κ3) is 5.63. The van der Waals surface area contributed by atoms with Crippen LogP contribution in [0.1, 0.15) is 24.8 Å². The summed E-state index contributed by atoms with van der Waals surface area (Å²) < 4.78 is 24.8. The number of aliphatic imine (C=N–C) groups is 1. The zero-order chi connectivity index (χ0) is 15.3. The average Bonchev–Trinajstić information content (AvgIpc) is 2.33. The van der Waals surface area contributed by atoms with Gasteiger partial charge in [-0.2, -0.15) is 0 Å². The molecule has 6 nitrogen and oxygen atoms in total. The smallest absolute Gasteiger partial charge is 0.229 e. The second-order valence-electron chi connectivity index (χ2n) is 5.45. The zero-order valence-corrected chi connectivity index (χ0v) is 13.0. The molecule has 0 aromatic heterocycles. The van der Waals surface area contributed by atoms with Gasteiger partial charge in [-0.05, 0) is 36.5 Å². The summed E-state index contributed by atoms with van der Waals surface area (Å²) in [5.74, 6) is 1.16. The Labute approximate surface area is 125 Å². The van der Waals surface area contributed by atoms with Gasteiger partial charge in [-0.3, -0.25) is 4.72 Å². The third-order valence-electron chi connectivity index (χ3n) is 3.46. The Balaban J connectivity index is 1.88. The maximum absolute atomic E-state index is 11.2. The van der Waals surface area contributed by atoms with E-state index in [2.05, 4.69) is 15.0 Å². The Kier molecular flexibility index (Phi) is 5.06. The van der Waals surface area contributed by atoms with Gasteiger partial charge in [0.15, 0.2) is 5.96 Å². The van der Waals surface area contributed by atoms with E-state index in [1.54, 1.807) is 18.2 Å². The van der Waals surface area contributed by atoms with E-state index < -0.39 is 10.0 Å². The summed E-state index contributed by atoms with van der Waals surface area (Å²) in [5, 5.41) is 3.12. The van der Waals surface area contributed by atoms with E-state index in [-0.39, 0.29) is 0 Å². The molecule has 1 saturated carbocycles. The van der Waals surface area contributed by atoms with Gasteiger partial charge >= 0.3 is 0 Å². The Morgan fingerprint density at radius 3 is 2.81 bits per heavy atom. The van der Waals surface area contributed by atoms with Crippen LogP contribution in [0.15, 0.2) is 29.3 Å². The lowest BCUT2D eigenvalue weighted by molar-refractivity contribution is 0.315. The predicted octanol–water partition coefficient (Wildman–Crippen LogP) is 1.26. The van der Waals surface area contributed by atoms with Gasteiger partial charge < -0.3 is 11.1 Å². The molecule has 7 heteroatoms. The number of guanidine groups is 1. The highest BCUT2D eigenvalue weighted by atomic mass is 32.2. The number of nitrogens with zero attached hydrogens (tertiary/aromatic N) is 1. The first-order valence-corrected chi connectivity index (χ1v) is 8.92. The standard InChI is InChI=1S/C14H22N4O2S/c1-21(19,20)18-13-7-3-6-12(8-13)10-17-14(15)16-9-11-4-2-5-11/h3,6-8,11,18H,2,4-5,9-10H2,1H3,(H3,15,16,17). The fourth-order valence-electron chi connectivity index (χ4n) is 2.13. The number of nitrogens with two attached hydrogens (primary N) is 1. The quantitative estimate of drug-likeness (QED) is 0.544. The van der Waals surface area contributed by atoms with Gasteiger partial charge in [0.2, 0.25) is 10.0 Å². The third-order valence-corrected chi connectivity index (χ3v) is 4.07. The van der Waals surface area contributed by atoms with Crippen LogP contribution in [-0.4, -0.2) is 27.2 Å². The second kappa shape index (κ2) is 6.80. The fraction of sp³-hybridized carbons (Fsp3) is 0.500. The summed E-state index contributed by atoms with van der Waals surface area (Å²) in [4.78, 5) is 4.27. The van der Waals surface area contributed by atoms with E-state index >= 15 is 0 Å². The molecular formula is C14H22N4O2S. The second-order valence-corrected chi connectivity index (χ2v) is 7.20. The molecule has 0 saturated heterocycles. The van der Waals surface area contributed by atoms with Crippen LogP contribution in [0, 0.1) is 5.92 Å². The van der Waals surface area contributed by atoms with E-state index in [4.69, 9.17) is 5.73 Å². The van der Waals surface area contributed by atoms with E-state index in [1.807, 2.05) is 6.07 Å². The molecule has 1 aromatic rings. The van der Waals surface area contributed by atoms with Crippen LogP contribution in [-0.2, 0) is 16.6 Å². The number of benzene rings is 1. The molecule has 0 aliphatic heterocycles. The van der Waals surface area contributed by atoms with Crippen molar-refractivity contribution in [1.29, 1.82) is 0 Å². The van der Waals surface area contributed by atoms with Gasteiger partial charge in [-0.25, -0.2) is 13.4 Å². The van der Waals surface area contributed by atoms with Crippen molar-refractivity contribution in [2.45, 2.75) is 25.8 Å². The summed E-state index contributed by atoms with van der Waals surface area (Å²) in [6.07, 6.45) is 4.96. The lowest BCUT2D eigenvalue weighted by atomic mass is 9.85. The van der Waals surface area contributed by atoms with Gasteiger partial charge in [-0.15, -0.1) is 0 Å². The van der Waals surface area contributed by atoms with Crippen molar-refractivity contribution in [3.63, 3.8) is 0 Å². The molecule has 0 amide bonds. The minimum absolute atomic E-state index is 0.419. The maximum atomic E-state index is 11.2. The number of rotatable bonds is 6. The van der Waals surface area contributed by atoms with Gasteiger partial charge in [0.25, 0.3) is 0 Å². The molecule has 4 N–H and O–H groups in total. The molecule has 0 heterocycles. The zero-order valence-electron chi connectivity index (χ0n) is 12.2. The molecule has 21 heavy (non-hydrogen) atoms.